The molecule has 54 valence electrons. The Hall–Kier alpha value is -0.260. The van der Waals surface area contributed by atoms with Gasteiger partial charge < -0.3 is 10.3 Å². The molecule has 0 radical (unpaired) electrons. The van der Waals surface area contributed by atoms with Gasteiger partial charge in [-0.1, -0.05) is 0 Å². The van der Waals surface area contributed by atoms with E-state index in [2.05, 4.69) is 0 Å². The summed E-state index contributed by atoms with van der Waals surface area (Å²) in [7, 11) is 0. The lowest BCUT2D eigenvalue weighted by Crippen LogP contribution is -2.48. The summed E-state index contributed by atoms with van der Waals surface area (Å²) in [6.45, 7) is 2.87. The van der Waals surface area contributed by atoms with Crippen LogP contribution in [0.4, 0.5) is 0 Å². The SMILES string of the molecule is CC(C)(C(N)=O)[S+](N)[O-]. The fourth-order valence-electron chi connectivity index (χ4n) is 0.0991. The van der Waals surface area contributed by atoms with Crippen molar-refractivity contribution in [2.75, 3.05) is 0 Å². The summed E-state index contributed by atoms with van der Waals surface area (Å²) in [4.78, 5) is 10.4. The van der Waals surface area contributed by atoms with E-state index in [0.717, 1.165) is 0 Å². The molecule has 0 fully saturated rings. The van der Waals surface area contributed by atoms with Crippen LogP contribution in [0.25, 0.3) is 0 Å². The first-order valence-electron chi connectivity index (χ1n) is 2.35. The molecule has 5 heteroatoms. The molecule has 4 nitrogen and oxygen atoms in total. The maximum atomic E-state index is 10.5. The Bertz CT molecular complexity index is 124. The van der Waals surface area contributed by atoms with Gasteiger partial charge in [-0.2, -0.15) is 5.14 Å². The van der Waals surface area contributed by atoms with Gasteiger partial charge in [-0.05, 0) is 13.8 Å². The van der Waals surface area contributed by atoms with Crippen molar-refractivity contribution in [2.24, 2.45) is 10.9 Å². The van der Waals surface area contributed by atoms with Crippen LogP contribution >= 0.6 is 0 Å². The maximum Gasteiger partial charge on any atom is 0.275 e. The van der Waals surface area contributed by atoms with Gasteiger partial charge in [0, 0.05) is 0 Å². The van der Waals surface area contributed by atoms with Gasteiger partial charge >= 0.3 is 0 Å². The lowest BCUT2D eigenvalue weighted by atomic mass is 10.2. The Balaban J connectivity index is 4.19. The molecular weight excluding hydrogens is 140 g/mol. The van der Waals surface area contributed by atoms with E-state index in [4.69, 9.17) is 10.9 Å². The van der Waals surface area contributed by atoms with Crippen LogP contribution in [0.5, 0.6) is 0 Å². The van der Waals surface area contributed by atoms with E-state index in [-0.39, 0.29) is 0 Å². The number of hydrogen-bond donors (Lipinski definition) is 2. The number of nitrogens with two attached hydrogens (primary N) is 2. The van der Waals surface area contributed by atoms with Crippen molar-refractivity contribution < 1.29 is 9.35 Å². The van der Waals surface area contributed by atoms with Crippen LogP contribution in [0.3, 0.4) is 0 Å². The lowest BCUT2D eigenvalue weighted by molar-refractivity contribution is -0.119. The highest BCUT2D eigenvalue weighted by molar-refractivity contribution is 7.91. The first-order chi connectivity index (χ1) is 3.89. The van der Waals surface area contributed by atoms with Crippen LogP contribution in [0, 0.1) is 0 Å². The largest absolute Gasteiger partial charge is 0.597 e. The van der Waals surface area contributed by atoms with E-state index >= 15 is 0 Å². The predicted octanol–water partition coefficient (Wildman–Crippen LogP) is -1.13. The van der Waals surface area contributed by atoms with Crippen LogP contribution in [0.15, 0.2) is 0 Å². The standard InChI is InChI=1S/C4H10N2O2S/c1-4(2,3(5)7)9(6)8/h6H2,1-2H3,(H2,5,7). The number of carbonyl (C=O) groups is 1. The zero-order valence-corrected chi connectivity index (χ0v) is 6.20. The van der Waals surface area contributed by atoms with Crippen molar-refractivity contribution in [2.45, 2.75) is 18.6 Å². The van der Waals surface area contributed by atoms with E-state index in [1.165, 1.54) is 13.8 Å². The van der Waals surface area contributed by atoms with Gasteiger partial charge in [0.05, 0.1) is 11.4 Å². The Labute approximate surface area is 56.9 Å². The summed E-state index contributed by atoms with van der Waals surface area (Å²) in [6.07, 6.45) is 0. The number of hydrogen-bond acceptors (Lipinski definition) is 3. The molecular formula is C4H10N2O2S. The molecule has 0 saturated heterocycles. The fourth-order valence-corrected chi connectivity index (χ4v) is 0.297. The van der Waals surface area contributed by atoms with E-state index in [0.29, 0.717) is 0 Å². The molecule has 1 atom stereocenters. The summed E-state index contributed by atoms with van der Waals surface area (Å²) in [5.41, 5.74) is 4.86. The number of carbonyl (C=O) groups excluding carboxylic acids is 1. The van der Waals surface area contributed by atoms with Crippen molar-refractivity contribution >= 4 is 17.3 Å². The zero-order valence-electron chi connectivity index (χ0n) is 5.38. The van der Waals surface area contributed by atoms with Crippen molar-refractivity contribution in [1.29, 1.82) is 0 Å². The van der Waals surface area contributed by atoms with Gasteiger partial charge in [0.15, 0.2) is 0 Å². The highest BCUT2D eigenvalue weighted by Gasteiger charge is 2.36. The lowest BCUT2D eigenvalue weighted by Gasteiger charge is -2.19. The molecule has 0 aromatic carbocycles. The van der Waals surface area contributed by atoms with Gasteiger partial charge in [0.1, 0.15) is 0 Å². The molecule has 1 amide bonds. The quantitative estimate of drug-likeness (QED) is 0.488. The number of primary amides is 1. The van der Waals surface area contributed by atoms with Crippen LogP contribution in [0.1, 0.15) is 13.8 Å². The van der Waals surface area contributed by atoms with Crippen molar-refractivity contribution in [3.05, 3.63) is 0 Å². The second kappa shape index (κ2) is 2.55. The average molecular weight is 150 g/mol. The van der Waals surface area contributed by atoms with Gasteiger partial charge in [-0.25, -0.2) is 0 Å². The molecule has 0 aliphatic carbocycles. The highest BCUT2D eigenvalue weighted by atomic mass is 32.2. The first-order valence-corrected chi connectivity index (χ1v) is 3.56. The van der Waals surface area contributed by atoms with Crippen LogP contribution in [-0.2, 0) is 16.2 Å². The van der Waals surface area contributed by atoms with E-state index in [1.807, 2.05) is 0 Å². The van der Waals surface area contributed by atoms with E-state index < -0.39 is 22.0 Å². The van der Waals surface area contributed by atoms with Gasteiger partial charge in [-0.15, -0.1) is 0 Å². The van der Waals surface area contributed by atoms with Crippen LogP contribution in [0.2, 0.25) is 0 Å². The third-order valence-electron chi connectivity index (χ3n) is 1.10. The minimum absolute atomic E-state index is 0.650. The maximum absolute atomic E-state index is 10.5. The average Bonchev–Trinajstić information content (AvgIpc) is 1.65. The zero-order chi connectivity index (χ0) is 7.65. The molecule has 0 rings (SSSR count). The molecule has 0 heterocycles. The molecule has 0 aromatic rings. The molecule has 9 heavy (non-hydrogen) atoms. The van der Waals surface area contributed by atoms with E-state index in [9.17, 15) is 9.35 Å². The van der Waals surface area contributed by atoms with Gasteiger partial charge in [0.25, 0.3) is 5.91 Å². The smallest absolute Gasteiger partial charge is 0.275 e. The molecule has 0 saturated carbocycles. The molecule has 1 unspecified atom stereocenters. The summed E-state index contributed by atoms with van der Waals surface area (Å²) < 4.78 is 9.38. The van der Waals surface area contributed by atoms with Crippen LogP contribution < -0.4 is 10.9 Å². The van der Waals surface area contributed by atoms with E-state index in [1.54, 1.807) is 0 Å². The van der Waals surface area contributed by atoms with Crippen molar-refractivity contribution in [1.82, 2.24) is 0 Å². The first kappa shape index (κ1) is 8.74. The summed E-state index contributed by atoms with van der Waals surface area (Å²) in [6, 6.07) is 0. The number of rotatable bonds is 2. The third kappa shape index (κ3) is 1.85. The molecule has 0 aliphatic heterocycles. The van der Waals surface area contributed by atoms with Gasteiger partial charge in [0.2, 0.25) is 4.75 Å². The summed E-state index contributed by atoms with van der Waals surface area (Å²) in [5, 5.41) is 4.94. The Morgan fingerprint density at radius 2 is 2.00 bits per heavy atom. The predicted molar refractivity (Wildman–Crippen MR) is 35.6 cm³/mol. The minimum atomic E-state index is -1.68. The fraction of sp³-hybridized carbons (Fsp3) is 0.750. The molecule has 0 aromatic heterocycles. The van der Waals surface area contributed by atoms with Crippen LogP contribution in [-0.4, -0.2) is 15.2 Å². The monoisotopic (exact) mass is 150 g/mol. The molecule has 4 N–H and O–H groups in total. The van der Waals surface area contributed by atoms with Crippen molar-refractivity contribution in [3.63, 3.8) is 0 Å². The van der Waals surface area contributed by atoms with Gasteiger partial charge in [-0.3, -0.25) is 4.79 Å². The minimum Gasteiger partial charge on any atom is -0.597 e. The number of amides is 1. The molecule has 0 aliphatic rings. The molecule has 0 spiro atoms. The summed E-state index contributed by atoms with van der Waals surface area (Å²) in [5.74, 6) is -0.650. The summed E-state index contributed by atoms with van der Waals surface area (Å²) >= 11 is -1.68. The second-order valence-corrected chi connectivity index (χ2v) is 3.79. The van der Waals surface area contributed by atoms with Crippen molar-refractivity contribution in [3.8, 4) is 0 Å². The normalized spacial score (nSPS) is 15.1. The Morgan fingerprint density at radius 3 is 2.00 bits per heavy atom. The third-order valence-corrected chi connectivity index (χ3v) is 2.30. The Morgan fingerprint density at radius 1 is 1.67 bits per heavy atom. The molecule has 0 bridgehead atoms. The Kier molecular flexibility index (Phi) is 2.48. The second-order valence-electron chi connectivity index (χ2n) is 2.17. The highest BCUT2D eigenvalue weighted by Crippen LogP contribution is 2.10. The topological polar surface area (TPSA) is 92.2 Å².